The smallest absolute Gasteiger partial charge is 0.394 e. The maximum absolute atomic E-state index is 11.8. The van der Waals surface area contributed by atoms with Gasteiger partial charge in [0.25, 0.3) is 5.85 Å². The maximum atomic E-state index is 11.8. The van der Waals surface area contributed by atoms with E-state index in [0.717, 1.165) is 0 Å². The molecule has 19 heteroatoms. The lowest BCUT2D eigenvalue weighted by molar-refractivity contribution is -0.149. The number of aliphatic hydroxyl groups excluding tert-OH is 7. The predicted octanol–water partition coefficient (Wildman–Crippen LogP) is -6.32. The Kier molecular flexibility index (Phi) is 12.1. The third kappa shape index (κ3) is 9.27. The van der Waals surface area contributed by atoms with E-state index >= 15 is 0 Å². The largest absolute Gasteiger partial charge is 0.473 e. The van der Waals surface area contributed by atoms with Gasteiger partial charge in [-0.05, 0) is 0 Å². The van der Waals surface area contributed by atoms with Crippen LogP contribution in [0.5, 0.6) is 0 Å². The number of carbonyl (C=O) groups excluding carboxylic acids is 3. The van der Waals surface area contributed by atoms with Crippen molar-refractivity contribution in [2.75, 3.05) is 13.2 Å². The van der Waals surface area contributed by atoms with Gasteiger partial charge in [0.2, 0.25) is 11.6 Å². The highest BCUT2D eigenvalue weighted by Crippen LogP contribution is 2.50. The number of rotatable bonds is 15. The molecule has 11 N–H and O–H groups in total. The summed E-state index contributed by atoms with van der Waals surface area (Å²) >= 11 is 0. The van der Waals surface area contributed by atoms with Crippen molar-refractivity contribution >= 4 is 33.6 Å². The molecule has 0 amide bonds. The number of aliphatic hydroxyl groups is 7. The highest BCUT2D eigenvalue weighted by atomic mass is 31.2. The summed E-state index contributed by atoms with van der Waals surface area (Å²) in [6, 6.07) is 0. The molecule has 0 spiro atoms. The van der Waals surface area contributed by atoms with Crippen LogP contribution in [0.15, 0.2) is 0 Å². The van der Waals surface area contributed by atoms with Gasteiger partial charge in [0.15, 0.2) is 24.6 Å². The number of aldehydes is 1. The molecule has 0 heterocycles. The normalized spacial score (nSPS) is 21.1. The fourth-order valence-corrected chi connectivity index (χ4v) is 3.18. The molecule has 0 aromatic rings. The molecule has 8 atom stereocenters. The molecular weight excluding hydrogens is 478 g/mol. The zero-order valence-corrected chi connectivity index (χ0v) is 17.1. The molecule has 31 heavy (non-hydrogen) atoms. The number of Topliss-reactive ketones (excluding diaryl/α,β-unsaturated/α-hetero) is 2. The maximum Gasteiger partial charge on any atom is 0.473 e. The summed E-state index contributed by atoms with van der Waals surface area (Å²) in [5, 5.41) is 64.9. The van der Waals surface area contributed by atoms with E-state index in [1.165, 1.54) is 0 Å². The number of phosphoric ester groups is 1. The lowest BCUT2D eigenvalue weighted by Gasteiger charge is -2.26. The molecule has 0 fully saturated rings. The first-order chi connectivity index (χ1) is 14.0. The Morgan fingerprint density at radius 1 is 0.968 bits per heavy atom. The van der Waals surface area contributed by atoms with E-state index in [0.29, 0.717) is 0 Å². The molecule has 0 aliphatic rings. The Labute approximate surface area is 173 Å². The lowest BCUT2D eigenvalue weighted by Crippen LogP contribution is -2.47. The van der Waals surface area contributed by atoms with Crippen molar-refractivity contribution in [1.82, 2.24) is 0 Å². The summed E-state index contributed by atoms with van der Waals surface area (Å²) in [5.41, 5.74) is 0. The second-order valence-corrected chi connectivity index (χ2v) is 9.10. The zero-order chi connectivity index (χ0) is 24.7. The third-order valence-corrected chi connectivity index (χ3v) is 5.52. The molecule has 0 bridgehead atoms. The van der Waals surface area contributed by atoms with Gasteiger partial charge in [-0.3, -0.25) is 18.6 Å². The van der Waals surface area contributed by atoms with Crippen LogP contribution in [0.1, 0.15) is 0 Å². The zero-order valence-electron chi connectivity index (χ0n) is 15.3. The summed E-state index contributed by atoms with van der Waals surface area (Å²) in [7, 11) is -10.6. The molecule has 0 saturated carbocycles. The Balaban J connectivity index is 5.02. The molecule has 182 valence electrons. The number of ketones is 2. The minimum absolute atomic E-state index is 0.299. The van der Waals surface area contributed by atoms with E-state index in [2.05, 4.69) is 9.05 Å². The topological polar surface area (TPSA) is 309 Å². The molecule has 17 nitrogen and oxygen atoms in total. The van der Waals surface area contributed by atoms with Crippen molar-refractivity contribution in [3.63, 3.8) is 0 Å². The van der Waals surface area contributed by atoms with Gasteiger partial charge >= 0.3 is 15.8 Å². The molecule has 0 aliphatic carbocycles. The van der Waals surface area contributed by atoms with Crippen LogP contribution in [0.2, 0.25) is 0 Å². The second-order valence-electron chi connectivity index (χ2n) is 5.93. The first-order valence-electron chi connectivity index (χ1n) is 7.94. The van der Waals surface area contributed by atoms with Crippen molar-refractivity contribution in [2.45, 2.75) is 42.5 Å². The summed E-state index contributed by atoms with van der Waals surface area (Å²) in [6.07, 6.45) is -14.7. The van der Waals surface area contributed by atoms with E-state index in [1.807, 2.05) is 0 Å². The fourth-order valence-electron chi connectivity index (χ4n) is 1.78. The fraction of sp³-hybridized carbons (Fsp3) is 0.750. The SMILES string of the molecule is O=C[C@H](OP(=O)(O)OCC(=O)C(=O)[C@H](O)[C@@H](O)C(O)[P+](O)(O)O)[C@@H](O)[C@H](O)[C@H](O)CO. The van der Waals surface area contributed by atoms with Crippen LogP contribution in [0.25, 0.3) is 0 Å². The Morgan fingerprint density at radius 2 is 1.48 bits per heavy atom. The van der Waals surface area contributed by atoms with Crippen molar-refractivity contribution in [3.05, 3.63) is 0 Å². The average molecular weight is 501 g/mol. The number of hydrogen-bond acceptors (Lipinski definition) is 16. The van der Waals surface area contributed by atoms with E-state index in [4.69, 9.17) is 19.8 Å². The Morgan fingerprint density at radius 3 is 1.90 bits per heavy atom. The van der Waals surface area contributed by atoms with Gasteiger partial charge in [-0.25, -0.2) is 4.57 Å². The first kappa shape index (κ1) is 30.1. The van der Waals surface area contributed by atoms with E-state index in [1.54, 1.807) is 0 Å². The van der Waals surface area contributed by atoms with Gasteiger partial charge in [-0.1, -0.05) is 0 Å². The number of hydrogen-bond donors (Lipinski definition) is 11. The van der Waals surface area contributed by atoms with Crippen LogP contribution < -0.4 is 0 Å². The lowest BCUT2D eigenvalue weighted by atomic mass is 10.0. The standard InChI is InChI=1S/C12H22O17P2/c13-1-4(15)7(17)9(19)6(2-14)29-31(26,27)28-3-5(16)8(18)10(20)11(21)12(22)30(23,24)25/h2,4,6-7,9-13,15,17,19-25H,1,3H2/p+1/t4-,6+,7-,9-,10+,11-,12?/m1/s1. The van der Waals surface area contributed by atoms with Gasteiger partial charge in [-0.2, -0.15) is 14.7 Å². The van der Waals surface area contributed by atoms with Crippen molar-refractivity contribution in [1.29, 1.82) is 0 Å². The summed E-state index contributed by atoms with van der Waals surface area (Å²) in [6.45, 7) is -2.70. The Hall–Kier alpha value is -0.850. The average Bonchev–Trinajstić information content (AvgIpc) is 2.71. The van der Waals surface area contributed by atoms with E-state index in [9.17, 15) is 54.5 Å². The van der Waals surface area contributed by atoms with E-state index in [-0.39, 0.29) is 6.29 Å². The van der Waals surface area contributed by atoms with Crippen molar-refractivity contribution in [2.24, 2.45) is 0 Å². The van der Waals surface area contributed by atoms with Crippen LogP contribution in [-0.2, 0) is 28.0 Å². The first-order valence-corrected chi connectivity index (χ1v) is 11.2. The molecule has 0 radical (unpaired) electrons. The molecule has 0 rings (SSSR count). The number of phosphoric acid groups is 1. The molecule has 0 aliphatic heterocycles. The van der Waals surface area contributed by atoms with Gasteiger partial charge in [0.05, 0.1) is 6.61 Å². The van der Waals surface area contributed by atoms with Crippen LogP contribution in [-0.4, -0.2) is 129 Å². The highest BCUT2D eigenvalue weighted by molar-refractivity contribution is 7.59. The van der Waals surface area contributed by atoms with Gasteiger partial charge < -0.3 is 45.4 Å². The summed E-state index contributed by atoms with van der Waals surface area (Å²) in [5.74, 6) is -6.62. The molecular formula is C12H23O17P2+. The molecule has 0 saturated heterocycles. The highest BCUT2D eigenvalue weighted by Gasteiger charge is 2.51. The minimum Gasteiger partial charge on any atom is -0.394 e. The second kappa shape index (κ2) is 12.4. The monoisotopic (exact) mass is 501 g/mol. The van der Waals surface area contributed by atoms with Crippen LogP contribution >= 0.6 is 15.8 Å². The van der Waals surface area contributed by atoms with E-state index < -0.39 is 83.0 Å². The Bertz CT molecular complexity index is 664. The summed E-state index contributed by atoms with van der Waals surface area (Å²) < 4.78 is 20.0. The van der Waals surface area contributed by atoms with Crippen LogP contribution in [0.4, 0.5) is 0 Å². The van der Waals surface area contributed by atoms with Crippen LogP contribution in [0.3, 0.4) is 0 Å². The van der Waals surface area contributed by atoms with Gasteiger partial charge in [0, 0.05) is 0 Å². The quantitative estimate of drug-likeness (QED) is 0.0564. The minimum atomic E-state index is -5.42. The molecule has 0 aromatic heterocycles. The van der Waals surface area contributed by atoms with Crippen molar-refractivity contribution in [3.8, 4) is 0 Å². The third-order valence-electron chi connectivity index (χ3n) is 3.54. The molecule has 0 aromatic carbocycles. The predicted molar refractivity (Wildman–Crippen MR) is 93.4 cm³/mol. The number of carbonyl (C=O) groups is 3. The van der Waals surface area contributed by atoms with Gasteiger partial charge in [-0.15, -0.1) is 0 Å². The van der Waals surface area contributed by atoms with Gasteiger partial charge in [0.1, 0.15) is 24.9 Å². The molecule has 2 unspecified atom stereocenters. The summed E-state index contributed by atoms with van der Waals surface area (Å²) in [4.78, 5) is 69.9. The van der Waals surface area contributed by atoms with Crippen LogP contribution in [0, 0.1) is 0 Å². The van der Waals surface area contributed by atoms with Crippen molar-refractivity contribution < 1.29 is 83.3 Å².